The zero-order valence-electron chi connectivity index (χ0n) is 10.8. The summed E-state index contributed by atoms with van der Waals surface area (Å²) < 4.78 is 0. The third-order valence-corrected chi connectivity index (χ3v) is 3.23. The van der Waals surface area contributed by atoms with Crippen LogP contribution in [-0.4, -0.2) is 27.0 Å². The monoisotopic (exact) mass is 288 g/mol. The lowest BCUT2D eigenvalue weighted by Gasteiger charge is -2.18. The van der Waals surface area contributed by atoms with Crippen LogP contribution in [0, 0.1) is 0 Å². The Morgan fingerprint density at radius 3 is 2.75 bits per heavy atom. The molecule has 2 aromatic heterocycles. The van der Waals surface area contributed by atoms with Crippen molar-refractivity contribution >= 4 is 34.5 Å². The molecule has 0 saturated carbocycles. The first-order chi connectivity index (χ1) is 9.63. The van der Waals surface area contributed by atoms with Gasteiger partial charge in [0.1, 0.15) is 5.52 Å². The molecule has 0 aliphatic rings. The molecule has 3 N–H and O–H groups in total. The van der Waals surface area contributed by atoms with Crippen LogP contribution in [0.1, 0.15) is 5.56 Å². The third-order valence-electron chi connectivity index (χ3n) is 2.98. The number of aromatic nitrogens is 4. The lowest BCUT2D eigenvalue weighted by atomic mass is 10.2. The van der Waals surface area contributed by atoms with E-state index >= 15 is 0 Å². The lowest BCUT2D eigenvalue weighted by Crippen LogP contribution is -2.19. The van der Waals surface area contributed by atoms with Crippen LogP contribution in [0.4, 0.5) is 11.8 Å². The molecule has 7 heteroatoms. The van der Waals surface area contributed by atoms with E-state index in [1.165, 1.54) is 0 Å². The fourth-order valence-corrected chi connectivity index (χ4v) is 2.18. The third kappa shape index (κ3) is 2.37. The molecule has 0 amide bonds. The summed E-state index contributed by atoms with van der Waals surface area (Å²) in [5.74, 6) is 0.933. The number of benzene rings is 1. The van der Waals surface area contributed by atoms with Crippen LogP contribution < -0.4 is 10.6 Å². The SMILES string of the molecule is CN(Cc1ccc(Cl)cc1)c1nc(N)nc2nc[nH]c12. The fraction of sp³-hybridized carbons (Fsp3) is 0.154. The number of halogens is 1. The molecule has 102 valence electrons. The first-order valence-electron chi connectivity index (χ1n) is 6.05. The van der Waals surface area contributed by atoms with Crippen LogP contribution in [0.15, 0.2) is 30.6 Å². The Hall–Kier alpha value is -2.34. The van der Waals surface area contributed by atoms with E-state index in [4.69, 9.17) is 17.3 Å². The van der Waals surface area contributed by atoms with Crippen molar-refractivity contribution < 1.29 is 0 Å². The molecular formula is C13H13ClN6. The molecule has 6 nitrogen and oxygen atoms in total. The van der Waals surface area contributed by atoms with Crippen LogP contribution in [0.25, 0.3) is 11.2 Å². The minimum atomic E-state index is 0.211. The minimum absolute atomic E-state index is 0.211. The standard InChI is InChI=1S/C13H13ClN6/c1-20(6-8-2-4-9(14)5-3-8)12-10-11(17-7-16-10)18-13(15)19-12/h2-5,7H,6H2,1H3,(H3,15,16,17,18,19). The number of nitrogen functional groups attached to an aromatic ring is 1. The summed E-state index contributed by atoms with van der Waals surface area (Å²) in [4.78, 5) is 17.5. The zero-order chi connectivity index (χ0) is 14.1. The Balaban J connectivity index is 1.93. The minimum Gasteiger partial charge on any atom is -0.368 e. The molecule has 2 heterocycles. The number of fused-ring (bicyclic) bond motifs is 1. The number of nitrogens with zero attached hydrogens (tertiary/aromatic N) is 4. The number of hydrogen-bond donors (Lipinski definition) is 2. The predicted molar refractivity (Wildman–Crippen MR) is 79.7 cm³/mol. The van der Waals surface area contributed by atoms with E-state index in [0.29, 0.717) is 12.2 Å². The highest BCUT2D eigenvalue weighted by Gasteiger charge is 2.12. The average molecular weight is 289 g/mol. The number of nitrogens with two attached hydrogens (primary N) is 1. The topological polar surface area (TPSA) is 83.7 Å². The van der Waals surface area contributed by atoms with Gasteiger partial charge >= 0.3 is 0 Å². The second kappa shape index (κ2) is 4.97. The van der Waals surface area contributed by atoms with Crippen LogP contribution in [0.5, 0.6) is 0 Å². The van der Waals surface area contributed by atoms with Gasteiger partial charge in [-0.3, -0.25) is 0 Å². The molecule has 0 fully saturated rings. The molecule has 20 heavy (non-hydrogen) atoms. The first-order valence-corrected chi connectivity index (χ1v) is 6.43. The number of H-pyrrole nitrogens is 1. The van der Waals surface area contributed by atoms with Gasteiger partial charge in [0.25, 0.3) is 0 Å². The van der Waals surface area contributed by atoms with Crippen LogP contribution in [0.3, 0.4) is 0 Å². The normalized spacial score (nSPS) is 10.9. The van der Waals surface area contributed by atoms with Crippen molar-refractivity contribution in [2.24, 2.45) is 0 Å². The van der Waals surface area contributed by atoms with E-state index in [0.717, 1.165) is 21.9 Å². The highest BCUT2D eigenvalue weighted by atomic mass is 35.5. The van der Waals surface area contributed by atoms with Gasteiger partial charge in [-0.2, -0.15) is 9.97 Å². The molecule has 0 bridgehead atoms. The van der Waals surface area contributed by atoms with Gasteiger partial charge in [-0.1, -0.05) is 23.7 Å². The number of nitrogens with one attached hydrogen (secondary N) is 1. The lowest BCUT2D eigenvalue weighted by molar-refractivity contribution is 0.900. The van der Waals surface area contributed by atoms with Crippen molar-refractivity contribution in [2.45, 2.75) is 6.54 Å². The van der Waals surface area contributed by atoms with Crippen molar-refractivity contribution in [3.05, 3.63) is 41.2 Å². The summed E-state index contributed by atoms with van der Waals surface area (Å²) in [6, 6.07) is 7.69. The van der Waals surface area contributed by atoms with E-state index in [1.54, 1.807) is 6.33 Å². The van der Waals surface area contributed by atoms with E-state index in [2.05, 4.69) is 19.9 Å². The second-order valence-electron chi connectivity index (χ2n) is 4.49. The maximum Gasteiger partial charge on any atom is 0.224 e. The van der Waals surface area contributed by atoms with Gasteiger partial charge in [0.05, 0.1) is 6.33 Å². The summed E-state index contributed by atoms with van der Waals surface area (Å²) in [7, 11) is 1.94. The zero-order valence-corrected chi connectivity index (χ0v) is 11.6. The highest BCUT2D eigenvalue weighted by molar-refractivity contribution is 6.30. The summed E-state index contributed by atoms with van der Waals surface area (Å²) >= 11 is 5.89. The molecule has 0 spiro atoms. The van der Waals surface area contributed by atoms with Crippen LogP contribution in [0.2, 0.25) is 5.02 Å². The van der Waals surface area contributed by atoms with Crippen LogP contribution >= 0.6 is 11.6 Å². The smallest absolute Gasteiger partial charge is 0.224 e. The summed E-state index contributed by atoms with van der Waals surface area (Å²) in [6.45, 7) is 0.682. The molecular weight excluding hydrogens is 276 g/mol. The maximum absolute atomic E-state index is 5.89. The molecule has 3 rings (SSSR count). The van der Waals surface area contributed by atoms with Gasteiger partial charge < -0.3 is 15.6 Å². The molecule has 0 saturated heterocycles. The van der Waals surface area contributed by atoms with Crippen molar-refractivity contribution in [3.8, 4) is 0 Å². The van der Waals surface area contributed by atoms with Crippen molar-refractivity contribution in [2.75, 3.05) is 17.7 Å². The number of anilines is 2. The molecule has 0 radical (unpaired) electrons. The number of rotatable bonds is 3. The largest absolute Gasteiger partial charge is 0.368 e. The number of imidazole rings is 1. The Morgan fingerprint density at radius 1 is 1.25 bits per heavy atom. The Morgan fingerprint density at radius 2 is 2.00 bits per heavy atom. The van der Waals surface area contributed by atoms with Gasteiger partial charge in [0, 0.05) is 18.6 Å². The van der Waals surface area contributed by atoms with E-state index in [-0.39, 0.29) is 5.95 Å². The van der Waals surface area contributed by atoms with Crippen molar-refractivity contribution in [3.63, 3.8) is 0 Å². The molecule has 0 atom stereocenters. The summed E-state index contributed by atoms with van der Waals surface area (Å²) in [5, 5.41) is 0.721. The Kier molecular flexibility index (Phi) is 3.15. The van der Waals surface area contributed by atoms with Crippen molar-refractivity contribution in [1.82, 2.24) is 19.9 Å². The predicted octanol–water partition coefficient (Wildman–Crippen LogP) is 2.22. The maximum atomic E-state index is 5.89. The van der Waals surface area contributed by atoms with Gasteiger partial charge in [0.15, 0.2) is 11.5 Å². The molecule has 3 aromatic rings. The van der Waals surface area contributed by atoms with E-state index < -0.39 is 0 Å². The summed E-state index contributed by atoms with van der Waals surface area (Å²) in [6.07, 6.45) is 1.58. The molecule has 0 aliphatic carbocycles. The number of aromatic amines is 1. The first kappa shape index (κ1) is 12.7. The van der Waals surface area contributed by atoms with Crippen molar-refractivity contribution in [1.29, 1.82) is 0 Å². The quantitative estimate of drug-likeness (QED) is 0.772. The van der Waals surface area contributed by atoms with Crippen LogP contribution in [-0.2, 0) is 6.54 Å². The Labute approximate surface area is 120 Å². The van der Waals surface area contributed by atoms with Gasteiger partial charge in [-0.15, -0.1) is 0 Å². The average Bonchev–Trinajstić information content (AvgIpc) is 2.88. The molecule has 0 unspecified atom stereocenters. The highest BCUT2D eigenvalue weighted by Crippen LogP contribution is 2.22. The van der Waals surface area contributed by atoms with Gasteiger partial charge in [-0.25, -0.2) is 4.98 Å². The van der Waals surface area contributed by atoms with E-state index in [9.17, 15) is 0 Å². The van der Waals surface area contributed by atoms with E-state index in [1.807, 2.05) is 36.2 Å². The molecule has 0 aliphatic heterocycles. The fourth-order valence-electron chi connectivity index (χ4n) is 2.05. The molecule has 1 aromatic carbocycles. The Bertz CT molecular complexity index is 736. The van der Waals surface area contributed by atoms with Gasteiger partial charge in [0.2, 0.25) is 5.95 Å². The summed E-state index contributed by atoms with van der Waals surface area (Å²) in [5.41, 5.74) is 8.18. The number of hydrogen-bond acceptors (Lipinski definition) is 5. The second-order valence-corrected chi connectivity index (χ2v) is 4.93. The van der Waals surface area contributed by atoms with Gasteiger partial charge in [-0.05, 0) is 17.7 Å².